The Morgan fingerprint density at radius 3 is 2.50 bits per heavy atom. The highest BCUT2D eigenvalue weighted by atomic mass is 35.5. The lowest BCUT2D eigenvalue weighted by Crippen LogP contribution is -2.40. The van der Waals surface area contributed by atoms with E-state index in [1.807, 2.05) is 0 Å². The zero-order chi connectivity index (χ0) is 23.0. The van der Waals surface area contributed by atoms with Gasteiger partial charge in [-0.3, -0.25) is 24.2 Å². The van der Waals surface area contributed by atoms with E-state index in [0.29, 0.717) is 22.0 Å². The second-order valence-corrected chi connectivity index (χ2v) is 8.88. The smallest absolute Gasteiger partial charge is 0.267 e. The Kier molecular flexibility index (Phi) is 6.00. The third-order valence-corrected chi connectivity index (χ3v) is 6.38. The standard InChI is InChI=1S/C21H14ClN3O5S2/c22-11-4-3-5-12(8-11)23-15(26)9-24-14-7-2-1-6-13(14)17(19(24)29)18-20(30)25(10-16(27)28)21(31)32-18/h1-8H,9-10H2,(H,23,26)(H,27,28)/p-1/b18-17-. The number of amides is 3. The Hall–Kier alpha value is -3.21. The molecule has 2 aliphatic rings. The summed E-state index contributed by atoms with van der Waals surface area (Å²) in [6.45, 7) is -1.01. The van der Waals surface area contributed by atoms with E-state index >= 15 is 0 Å². The van der Waals surface area contributed by atoms with Gasteiger partial charge in [0.15, 0.2) is 0 Å². The molecule has 2 aliphatic heterocycles. The number of hydrogen-bond donors (Lipinski definition) is 1. The second kappa shape index (κ2) is 8.73. The summed E-state index contributed by atoms with van der Waals surface area (Å²) in [4.78, 5) is 51.8. The van der Waals surface area contributed by atoms with Gasteiger partial charge in [0.05, 0.1) is 28.7 Å². The molecule has 3 amide bonds. The number of benzene rings is 2. The Bertz CT molecular complexity index is 1230. The van der Waals surface area contributed by atoms with Gasteiger partial charge in [-0.15, -0.1) is 0 Å². The number of aliphatic carboxylic acids is 1. The molecule has 0 radical (unpaired) electrons. The van der Waals surface area contributed by atoms with E-state index in [4.69, 9.17) is 23.8 Å². The van der Waals surface area contributed by atoms with Crippen molar-refractivity contribution in [3.05, 3.63) is 64.0 Å². The number of hydrogen-bond acceptors (Lipinski definition) is 7. The van der Waals surface area contributed by atoms with Crippen LogP contribution >= 0.6 is 35.6 Å². The molecule has 1 N–H and O–H groups in total. The Morgan fingerprint density at radius 1 is 1.03 bits per heavy atom. The van der Waals surface area contributed by atoms with Crippen molar-refractivity contribution in [1.29, 1.82) is 0 Å². The molecule has 2 heterocycles. The van der Waals surface area contributed by atoms with Gasteiger partial charge in [-0.05, 0) is 24.3 Å². The summed E-state index contributed by atoms with van der Waals surface area (Å²) in [7, 11) is 0. The number of thioether (sulfide) groups is 1. The van der Waals surface area contributed by atoms with Crippen molar-refractivity contribution in [2.75, 3.05) is 23.3 Å². The second-order valence-electron chi connectivity index (χ2n) is 6.80. The number of fused-ring (bicyclic) bond motifs is 1. The van der Waals surface area contributed by atoms with Gasteiger partial charge in [0.2, 0.25) is 5.91 Å². The predicted octanol–water partition coefficient (Wildman–Crippen LogP) is 1.65. The van der Waals surface area contributed by atoms with Crippen LogP contribution in [0.4, 0.5) is 11.4 Å². The number of nitrogens with zero attached hydrogens (tertiary/aromatic N) is 2. The molecule has 32 heavy (non-hydrogen) atoms. The number of rotatable bonds is 5. The summed E-state index contributed by atoms with van der Waals surface area (Å²) in [5.41, 5.74) is 1.47. The van der Waals surface area contributed by atoms with Crippen LogP contribution in [0.2, 0.25) is 5.02 Å². The van der Waals surface area contributed by atoms with Gasteiger partial charge in [-0.1, -0.05) is 59.8 Å². The van der Waals surface area contributed by atoms with Crippen LogP contribution in [0.25, 0.3) is 5.57 Å². The number of para-hydroxylation sites is 1. The molecular formula is C21H13ClN3O5S2-. The highest BCUT2D eigenvalue weighted by molar-refractivity contribution is 8.26. The van der Waals surface area contributed by atoms with Crippen molar-refractivity contribution in [2.24, 2.45) is 0 Å². The van der Waals surface area contributed by atoms with E-state index in [1.54, 1.807) is 48.5 Å². The fourth-order valence-electron chi connectivity index (χ4n) is 3.38. The molecule has 0 aliphatic carbocycles. The average molecular weight is 487 g/mol. The van der Waals surface area contributed by atoms with Crippen LogP contribution in [0.1, 0.15) is 5.56 Å². The highest BCUT2D eigenvalue weighted by Gasteiger charge is 2.42. The maximum absolute atomic E-state index is 13.3. The minimum atomic E-state index is -1.47. The number of halogens is 1. The molecule has 0 spiro atoms. The first-order valence-corrected chi connectivity index (χ1v) is 10.8. The van der Waals surface area contributed by atoms with E-state index in [1.165, 1.54) is 4.90 Å². The van der Waals surface area contributed by atoms with Crippen LogP contribution in [0.5, 0.6) is 0 Å². The number of anilines is 2. The van der Waals surface area contributed by atoms with Crippen LogP contribution in [0.3, 0.4) is 0 Å². The molecule has 4 rings (SSSR count). The molecule has 0 aromatic heterocycles. The molecule has 0 atom stereocenters. The molecule has 0 saturated carbocycles. The van der Waals surface area contributed by atoms with Crippen molar-refractivity contribution >= 4 is 80.5 Å². The summed E-state index contributed by atoms with van der Waals surface area (Å²) < 4.78 is 0.0177. The summed E-state index contributed by atoms with van der Waals surface area (Å²) in [6.07, 6.45) is 0. The quantitative estimate of drug-likeness (QED) is 0.505. The maximum Gasteiger partial charge on any atom is 0.267 e. The topological polar surface area (TPSA) is 110 Å². The Labute approximate surface area is 196 Å². The molecule has 2 aromatic rings. The zero-order valence-corrected chi connectivity index (χ0v) is 18.6. The van der Waals surface area contributed by atoms with E-state index in [9.17, 15) is 24.3 Å². The number of carboxylic acids is 1. The van der Waals surface area contributed by atoms with Crippen LogP contribution in [-0.2, 0) is 19.2 Å². The van der Waals surface area contributed by atoms with Crippen LogP contribution in [-0.4, -0.2) is 46.0 Å². The molecule has 1 fully saturated rings. The van der Waals surface area contributed by atoms with E-state index < -0.39 is 30.2 Å². The van der Waals surface area contributed by atoms with Crippen LogP contribution in [0.15, 0.2) is 53.4 Å². The van der Waals surface area contributed by atoms with Crippen molar-refractivity contribution in [3.8, 4) is 0 Å². The van der Waals surface area contributed by atoms with E-state index in [-0.39, 0.29) is 21.3 Å². The van der Waals surface area contributed by atoms with E-state index in [2.05, 4.69) is 5.32 Å². The van der Waals surface area contributed by atoms with Gasteiger partial charge in [-0.2, -0.15) is 0 Å². The third kappa shape index (κ3) is 4.12. The van der Waals surface area contributed by atoms with Gasteiger partial charge < -0.3 is 15.2 Å². The lowest BCUT2D eigenvalue weighted by Gasteiger charge is -2.17. The Balaban J connectivity index is 1.65. The minimum Gasteiger partial charge on any atom is -0.548 e. The number of nitrogens with one attached hydrogen (secondary N) is 1. The third-order valence-electron chi connectivity index (χ3n) is 4.70. The first-order valence-electron chi connectivity index (χ1n) is 9.20. The lowest BCUT2D eigenvalue weighted by molar-refractivity contribution is -0.305. The molecule has 1 saturated heterocycles. The lowest BCUT2D eigenvalue weighted by atomic mass is 10.1. The van der Waals surface area contributed by atoms with Crippen molar-refractivity contribution in [1.82, 2.24) is 4.90 Å². The monoisotopic (exact) mass is 486 g/mol. The highest BCUT2D eigenvalue weighted by Crippen LogP contribution is 2.44. The summed E-state index contributed by atoms with van der Waals surface area (Å²) in [6, 6.07) is 13.3. The largest absolute Gasteiger partial charge is 0.548 e. The number of carbonyl (C=O) groups is 4. The predicted molar refractivity (Wildman–Crippen MR) is 123 cm³/mol. The maximum atomic E-state index is 13.3. The van der Waals surface area contributed by atoms with Crippen molar-refractivity contribution in [3.63, 3.8) is 0 Å². The number of carbonyl (C=O) groups excluding carboxylic acids is 4. The minimum absolute atomic E-state index is 0.0177. The molecule has 0 unspecified atom stereocenters. The number of thiocarbonyl (C=S) groups is 1. The molecule has 2 aromatic carbocycles. The summed E-state index contributed by atoms with van der Waals surface area (Å²) in [5.74, 6) is -3.17. The van der Waals surface area contributed by atoms with Crippen molar-refractivity contribution < 1.29 is 24.3 Å². The first-order chi connectivity index (χ1) is 15.3. The fraction of sp³-hybridized carbons (Fsp3) is 0.0952. The van der Waals surface area contributed by atoms with Gasteiger partial charge in [-0.25, -0.2) is 0 Å². The molecule has 162 valence electrons. The Morgan fingerprint density at radius 2 is 1.78 bits per heavy atom. The van der Waals surface area contributed by atoms with E-state index in [0.717, 1.165) is 16.7 Å². The molecular weight excluding hydrogens is 474 g/mol. The van der Waals surface area contributed by atoms with Gasteiger partial charge in [0.1, 0.15) is 10.9 Å². The number of carboxylic acid groups (broad SMARTS) is 1. The molecule has 0 bridgehead atoms. The molecule has 8 nitrogen and oxygen atoms in total. The van der Waals surface area contributed by atoms with Gasteiger partial charge in [0, 0.05) is 16.3 Å². The summed E-state index contributed by atoms with van der Waals surface area (Å²) in [5, 5.41) is 14.1. The SMILES string of the molecule is O=C([O-])CN1C(=O)/C(=C2/C(=O)N(CC(=O)Nc3cccc(Cl)c3)c3ccccc32)SC1=S. The normalized spacial score (nSPS) is 17.7. The van der Waals surface area contributed by atoms with Crippen LogP contribution in [0, 0.1) is 0 Å². The first kappa shape index (κ1) is 22.0. The zero-order valence-electron chi connectivity index (χ0n) is 16.2. The molecule has 11 heteroatoms. The fourth-order valence-corrected chi connectivity index (χ4v) is 4.90. The van der Waals surface area contributed by atoms with Crippen LogP contribution < -0.4 is 15.3 Å². The van der Waals surface area contributed by atoms with Gasteiger partial charge in [0.25, 0.3) is 11.8 Å². The summed E-state index contributed by atoms with van der Waals surface area (Å²) >= 11 is 11.9. The average Bonchev–Trinajstić information content (AvgIpc) is 3.15. The van der Waals surface area contributed by atoms with Crippen molar-refractivity contribution in [2.45, 2.75) is 0 Å². The van der Waals surface area contributed by atoms with Gasteiger partial charge >= 0.3 is 0 Å².